The van der Waals surface area contributed by atoms with E-state index >= 15 is 0 Å². The van der Waals surface area contributed by atoms with Crippen LogP contribution >= 0.6 is 61.7 Å². The van der Waals surface area contributed by atoms with Crippen molar-refractivity contribution in [2.24, 2.45) is 0 Å². The summed E-state index contributed by atoms with van der Waals surface area (Å²) < 4.78 is 1.79. The van der Waals surface area contributed by atoms with Gasteiger partial charge >= 0.3 is 0 Å². The second kappa shape index (κ2) is 6.57. The molecule has 0 radical (unpaired) electrons. The van der Waals surface area contributed by atoms with Crippen LogP contribution in [0.4, 0.5) is 0 Å². The Morgan fingerprint density at radius 2 is 1.79 bits per heavy atom. The first kappa shape index (κ1) is 15.3. The molecule has 0 fully saturated rings. The fourth-order valence-corrected chi connectivity index (χ4v) is 3.20. The van der Waals surface area contributed by atoms with E-state index in [2.05, 4.69) is 38.5 Å². The van der Waals surface area contributed by atoms with Gasteiger partial charge in [-0.3, -0.25) is 4.79 Å². The van der Waals surface area contributed by atoms with E-state index in [0.29, 0.717) is 21.2 Å². The molecule has 0 aliphatic carbocycles. The summed E-state index contributed by atoms with van der Waals surface area (Å²) >= 11 is 17.7. The van der Waals surface area contributed by atoms with Gasteiger partial charge in [-0.1, -0.05) is 45.2 Å². The molecule has 2 aromatic carbocycles. The summed E-state index contributed by atoms with van der Waals surface area (Å²) in [6, 6.07) is 10.9. The van der Waals surface area contributed by atoms with Gasteiger partial charge in [-0.25, -0.2) is 0 Å². The predicted octanol–water partition coefficient (Wildman–Crippen LogP) is 5.79. The van der Waals surface area contributed by atoms with Gasteiger partial charge in [0.15, 0.2) is 5.78 Å². The average molecular weight is 470 g/mol. The molecule has 0 atom stereocenters. The number of ketones is 1. The van der Waals surface area contributed by atoms with Crippen molar-refractivity contribution < 1.29 is 4.79 Å². The summed E-state index contributed by atoms with van der Waals surface area (Å²) in [6.45, 7) is 0. The van der Waals surface area contributed by atoms with Gasteiger partial charge in [0.05, 0.1) is 0 Å². The normalized spacial score (nSPS) is 10.5. The van der Waals surface area contributed by atoms with Gasteiger partial charge in [0.2, 0.25) is 0 Å². The highest BCUT2D eigenvalue weighted by Crippen LogP contribution is 2.27. The minimum absolute atomic E-state index is 0.000648. The highest BCUT2D eigenvalue weighted by atomic mass is 127. The number of hydrogen-bond acceptors (Lipinski definition) is 1. The van der Waals surface area contributed by atoms with E-state index in [9.17, 15) is 4.79 Å². The summed E-state index contributed by atoms with van der Waals surface area (Å²) in [7, 11) is 0. The van der Waals surface area contributed by atoms with Gasteiger partial charge in [-0.15, -0.1) is 0 Å². The van der Waals surface area contributed by atoms with Crippen molar-refractivity contribution in [3.8, 4) is 0 Å². The second-order valence-electron chi connectivity index (χ2n) is 3.92. The standard InChI is InChI=1S/C14H8BrCl2IO/c15-8-4-5-13(18)10(6-8)14(19)7-9-11(16)2-1-3-12(9)17/h1-6H,7H2. The molecule has 0 spiro atoms. The quantitative estimate of drug-likeness (QED) is 0.411. The molecule has 0 saturated heterocycles. The zero-order valence-electron chi connectivity index (χ0n) is 9.59. The number of rotatable bonds is 3. The number of benzene rings is 2. The predicted molar refractivity (Wildman–Crippen MR) is 91.4 cm³/mol. The maximum absolute atomic E-state index is 12.3. The Morgan fingerprint density at radius 1 is 1.16 bits per heavy atom. The molecule has 5 heteroatoms. The first-order chi connectivity index (χ1) is 8.99. The highest BCUT2D eigenvalue weighted by Gasteiger charge is 2.15. The molecule has 0 N–H and O–H groups in total. The van der Waals surface area contributed by atoms with E-state index in [1.807, 2.05) is 18.2 Å². The number of carbonyl (C=O) groups excluding carboxylic acids is 1. The first-order valence-corrected chi connectivity index (χ1v) is 8.03. The molecular weight excluding hydrogens is 462 g/mol. The third-order valence-corrected chi connectivity index (χ3v) is 4.77. The monoisotopic (exact) mass is 468 g/mol. The van der Waals surface area contributed by atoms with Crippen LogP contribution in [0.3, 0.4) is 0 Å². The van der Waals surface area contributed by atoms with Crippen LogP contribution in [0, 0.1) is 3.57 Å². The summed E-state index contributed by atoms with van der Waals surface area (Å²) in [6.07, 6.45) is 0.199. The average Bonchev–Trinajstić information content (AvgIpc) is 2.37. The van der Waals surface area contributed by atoms with Crippen LogP contribution in [0.2, 0.25) is 10.0 Å². The summed E-state index contributed by atoms with van der Waals surface area (Å²) in [5.41, 5.74) is 1.34. The van der Waals surface area contributed by atoms with Crippen LogP contribution in [0.25, 0.3) is 0 Å². The lowest BCUT2D eigenvalue weighted by molar-refractivity contribution is 0.0992. The second-order valence-corrected chi connectivity index (χ2v) is 6.82. The van der Waals surface area contributed by atoms with E-state index in [1.165, 1.54) is 0 Å². The zero-order chi connectivity index (χ0) is 14.0. The lowest BCUT2D eigenvalue weighted by Gasteiger charge is -2.08. The van der Waals surface area contributed by atoms with Gasteiger partial charge in [-0.05, 0) is 58.5 Å². The Labute approximate surface area is 143 Å². The van der Waals surface area contributed by atoms with Crippen LogP contribution in [0.1, 0.15) is 15.9 Å². The lowest BCUT2D eigenvalue weighted by Crippen LogP contribution is -2.06. The molecule has 2 rings (SSSR count). The van der Waals surface area contributed by atoms with Crippen molar-refractivity contribution in [2.45, 2.75) is 6.42 Å². The maximum atomic E-state index is 12.3. The van der Waals surface area contributed by atoms with Crippen molar-refractivity contribution >= 4 is 67.5 Å². The van der Waals surface area contributed by atoms with Crippen molar-refractivity contribution in [3.05, 3.63) is 65.6 Å². The minimum Gasteiger partial charge on any atom is -0.294 e. The molecule has 2 aromatic rings. The van der Waals surface area contributed by atoms with E-state index in [1.54, 1.807) is 18.2 Å². The SMILES string of the molecule is O=C(Cc1c(Cl)cccc1Cl)c1cc(Br)ccc1I. The molecule has 0 aliphatic rings. The minimum atomic E-state index is 0.000648. The molecule has 0 aromatic heterocycles. The number of halogens is 4. The fourth-order valence-electron chi connectivity index (χ4n) is 1.67. The van der Waals surface area contributed by atoms with E-state index in [0.717, 1.165) is 8.04 Å². The van der Waals surface area contributed by atoms with Gasteiger partial charge in [-0.2, -0.15) is 0 Å². The van der Waals surface area contributed by atoms with Gasteiger partial charge < -0.3 is 0 Å². The Hall–Kier alpha value is -0.100. The molecule has 0 heterocycles. The van der Waals surface area contributed by atoms with E-state index in [4.69, 9.17) is 23.2 Å². The number of Topliss-reactive ketones (excluding diaryl/α,β-unsaturated/α-hetero) is 1. The summed E-state index contributed by atoms with van der Waals surface area (Å²) in [5.74, 6) is 0.000648. The summed E-state index contributed by atoms with van der Waals surface area (Å²) in [5, 5.41) is 1.04. The van der Waals surface area contributed by atoms with Crippen LogP contribution in [0.15, 0.2) is 40.9 Å². The summed E-state index contributed by atoms with van der Waals surface area (Å²) in [4.78, 5) is 12.3. The van der Waals surface area contributed by atoms with Crippen molar-refractivity contribution in [3.63, 3.8) is 0 Å². The van der Waals surface area contributed by atoms with E-state index in [-0.39, 0.29) is 12.2 Å². The third kappa shape index (κ3) is 3.72. The van der Waals surface area contributed by atoms with Gasteiger partial charge in [0.1, 0.15) is 0 Å². The highest BCUT2D eigenvalue weighted by molar-refractivity contribution is 14.1. The number of carbonyl (C=O) groups is 1. The molecule has 1 nitrogen and oxygen atoms in total. The van der Waals surface area contributed by atoms with Crippen LogP contribution in [0.5, 0.6) is 0 Å². The maximum Gasteiger partial charge on any atom is 0.168 e. The van der Waals surface area contributed by atoms with E-state index < -0.39 is 0 Å². The molecule has 0 unspecified atom stereocenters. The molecule has 0 aliphatic heterocycles. The largest absolute Gasteiger partial charge is 0.294 e. The topological polar surface area (TPSA) is 17.1 Å². The van der Waals surface area contributed by atoms with Crippen molar-refractivity contribution in [1.29, 1.82) is 0 Å². The molecule has 19 heavy (non-hydrogen) atoms. The number of hydrogen-bond donors (Lipinski definition) is 0. The Bertz CT molecular complexity index is 623. The Kier molecular flexibility index (Phi) is 5.29. The Morgan fingerprint density at radius 3 is 2.42 bits per heavy atom. The van der Waals surface area contributed by atoms with Gasteiger partial charge in [0, 0.05) is 30.1 Å². The van der Waals surface area contributed by atoms with Crippen molar-refractivity contribution in [2.75, 3.05) is 0 Å². The molecule has 0 amide bonds. The molecule has 0 saturated carbocycles. The lowest BCUT2D eigenvalue weighted by atomic mass is 10.0. The smallest absolute Gasteiger partial charge is 0.168 e. The molecule has 0 bridgehead atoms. The first-order valence-electron chi connectivity index (χ1n) is 5.40. The fraction of sp³-hybridized carbons (Fsp3) is 0.0714. The van der Waals surface area contributed by atoms with Gasteiger partial charge in [0.25, 0.3) is 0 Å². The van der Waals surface area contributed by atoms with Crippen LogP contribution in [-0.2, 0) is 6.42 Å². The van der Waals surface area contributed by atoms with Crippen molar-refractivity contribution in [1.82, 2.24) is 0 Å². The molecular formula is C14H8BrCl2IO. The van der Waals surface area contributed by atoms with Crippen LogP contribution < -0.4 is 0 Å². The third-order valence-electron chi connectivity index (χ3n) is 2.63. The Balaban J connectivity index is 2.34. The van der Waals surface area contributed by atoms with Crippen LogP contribution in [-0.4, -0.2) is 5.78 Å². The molecule has 98 valence electrons. The zero-order valence-corrected chi connectivity index (χ0v) is 14.8.